The molecule has 2 nitrogen and oxygen atoms in total. The number of halogens is 2. The molecule has 0 saturated heterocycles. The molecule has 1 rings (SSSR count). The largest absolute Gasteiger partial charge is 0.296 e. The molecule has 0 N–H and O–H groups in total. The summed E-state index contributed by atoms with van der Waals surface area (Å²) in [4.78, 5) is 14.3. The van der Waals surface area contributed by atoms with Gasteiger partial charge in [-0.1, -0.05) is 15.9 Å². The summed E-state index contributed by atoms with van der Waals surface area (Å²) in [5.41, 5.74) is 1.39. The van der Waals surface area contributed by atoms with Gasteiger partial charge in [-0.2, -0.15) is 0 Å². The Morgan fingerprint density at radius 2 is 2.36 bits per heavy atom. The number of rotatable bonds is 2. The fourth-order valence-electron chi connectivity index (χ4n) is 0.705. The Hall–Kier alpha value is -0.220. The molecule has 4 heteroatoms. The van der Waals surface area contributed by atoms with Crippen LogP contribution >= 0.6 is 31.9 Å². The summed E-state index contributed by atoms with van der Waals surface area (Å²) >= 11 is 6.53. The van der Waals surface area contributed by atoms with Crippen LogP contribution in [0.4, 0.5) is 0 Å². The average Bonchev–Trinajstić information content (AvgIpc) is 2.04. The van der Waals surface area contributed by atoms with E-state index in [1.54, 1.807) is 6.20 Å². The van der Waals surface area contributed by atoms with Gasteiger partial charge in [0, 0.05) is 16.0 Å². The van der Waals surface area contributed by atoms with Crippen molar-refractivity contribution in [3.8, 4) is 0 Å². The van der Waals surface area contributed by atoms with E-state index < -0.39 is 0 Å². The van der Waals surface area contributed by atoms with E-state index in [1.807, 2.05) is 6.07 Å². The van der Waals surface area contributed by atoms with Crippen molar-refractivity contribution in [1.29, 1.82) is 0 Å². The molecule has 1 aromatic heterocycles. The van der Waals surface area contributed by atoms with Crippen molar-refractivity contribution in [2.45, 2.75) is 5.33 Å². The number of carbonyl (C=O) groups excluding carboxylic acids is 1. The van der Waals surface area contributed by atoms with Crippen molar-refractivity contribution < 1.29 is 4.79 Å². The summed E-state index contributed by atoms with van der Waals surface area (Å²) < 4.78 is 0.887. The Labute approximate surface area is 81.3 Å². The second-order valence-corrected chi connectivity index (χ2v) is 3.43. The number of carbonyl (C=O) groups is 1. The van der Waals surface area contributed by atoms with Gasteiger partial charge >= 0.3 is 0 Å². The van der Waals surface area contributed by atoms with Crippen LogP contribution in [0.2, 0.25) is 0 Å². The Morgan fingerprint density at radius 3 is 2.91 bits per heavy atom. The van der Waals surface area contributed by atoms with Gasteiger partial charge in [0.15, 0.2) is 6.29 Å². The molecule has 0 spiro atoms. The topological polar surface area (TPSA) is 30.0 Å². The smallest absolute Gasteiger partial charge is 0.168 e. The van der Waals surface area contributed by atoms with Crippen LogP contribution < -0.4 is 0 Å². The predicted octanol–water partition coefficient (Wildman–Crippen LogP) is 2.55. The fourth-order valence-corrected chi connectivity index (χ4v) is 1.53. The fraction of sp³-hybridized carbons (Fsp3) is 0.143. The quantitative estimate of drug-likeness (QED) is 0.615. The molecule has 0 saturated carbocycles. The summed E-state index contributed by atoms with van der Waals surface area (Å²) in [5.74, 6) is 0. The zero-order valence-corrected chi connectivity index (χ0v) is 8.72. The van der Waals surface area contributed by atoms with Crippen LogP contribution in [0.25, 0.3) is 0 Å². The van der Waals surface area contributed by atoms with E-state index in [9.17, 15) is 4.79 Å². The molecule has 0 radical (unpaired) electrons. The van der Waals surface area contributed by atoms with Crippen LogP contribution in [0, 0.1) is 0 Å². The Balaban J connectivity index is 3.16. The molecule has 0 bridgehead atoms. The maximum Gasteiger partial charge on any atom is 0.168 e. The minimum Gasteiger partial charge on any atom is -0.296 e. The molecule has 0 aliphatic rings. The third-order valence-electron chi connectivity index (χ3n) is 1.22. The molecule has 0 aromatic carbocycles. The Kier molecular flexibility index (Phi) is 3.20. The van der Waals surface area contributed by atoms with Gasteiger partial charge in [0.2, 0.25) is 0 Å². The highest BCUT2D eigenvalue weighted by molar-refractivity contribution is 9.10. The number of pyridine rings is 1. The summed E-state index contributed by atoms with van der Waals surface area (Å²) in [6.45, 7) is 0. The van der Waals surface area contributed by atoms with Crippen LogP contribution in [0.1, 0.15) is 16.1 Å². The lowest BCUT2D eigenvalue weighted by Crippen LogP contribution is -1.92. The number of hydrogen-bond donors (Lipinski definition) is 0. The minimum atomic E-state index is 0.491. The Bertz CT molecular complexity index is 275. The molecule has 11 heavy (non-hydrogen) atoms. The third kappa shape index (κ3) is 2.10. The first-order chi connectivity index (χ1) is 5.27. The maximum absolute atomic E-state index is 10.4. The molecule has 0 amide bonds. The summed E-state index contributed by atoms with van der Waals surface area (Å²) in [5, 5.41) is 0.646. The van der Waals surface area contributed by atoms with Gasteiger partial charge < -0.3 is 0 Å². The monoisotopic (exact) mass is 277 g/mol. The van der Waals surface area contributed by atoms with Crippen LogP contribution in [-0.4, -0.2) is 11.3 Å². The van der Waals surface area contributed by atoms with E-state index in [-0.39, 0.29) is 0 Å². The van der Waals surface area contributed by atoms with Gasteiger partial charge in [-0.05, 0) is 27.6 Å². The molecule has 1 heterocycles. The van der Waals surface area contributed by atoms with E-state index in [2.05, 4.69) is 36.8 Å². The first-order valence-electron chi connectivity index (χ1n) is 2.93. The van der Waals surface area contributed by atoms with Gasteiger partial charge in [-0.3, -0.25) is 9.78 Å². The maximum atomic E-state index is 10.4. The Morgan fingerprint density at radius 1 is 1.64 bits per heavy atom. The molecular formula is C7H5Br2NO. The van der Waals surface area contributed by atoms with Crippen molar-refractivity contribution in [3.63, 3.8) is 0 Å². The van der Waals surface area contributed by atoms with Gasteiger partial charge in [0.1, 0.15) is 5.69 Å². The van der Waals surface area contributed by atoms with Crippen LogP contribution in [0.15, 0.2) is 16.7 Å². The molecular weight excluding hydrogens is 274 g/mol. The highest BCUT2D eigenvalue weighted by Crippen LogP contribution is 2.15. The van der Waals surface area contributed by atoms with Gasteiger partial charge in [0.05, 0.1) is 0 Å². The predicted molar refractivity (Wildman–Crippen MR) is 50.0 cm³/mol. The van der Waals surface area contributed by atoms with E-state index >= 15 is 0 Å². The van der Waals surface area contributed by atoms with E-state index in [1.165, 1.54) is 0 Å². The molecule has 0 unspecified atom stereocenters. The van der Waals surface area contributed by atoms with Crippen molar-refractivity contribution >= 4 is 38.1 Å². The molecule has 0 aliphatic carbocycles. The number of alkyl halides is 1. The van der Waals surface area contributed by atoms with E-state index in [0.29, 0.717) is 11.0 Å². The standard InChI is InChI=1S/C7H5Br2NO/c8-2-5-1-6(9)3-10-7(5)4-11/h1,3-4H,2H2. The van der Waals surface area contributed by atoms with Gasteiger partial charge in [0.25, 0.3) is 0 Å². The first kappa shape index (κ1) is 8.87. The lowest BCUT2D eigenvalue weighted by Gasteiger charge is -1.98. The number of aldehydes is 1. The number of hydrogen-bond acceptors (Lipinski definition) is 2. The second kappa shape index (κ2) is 3.97. The zero-order valence-electron chi connectivity index (χ0n) is 5.55. The summed E-state index contributed by atoms with van der Waals surface area (Å²) in [6.07, 6.45) is 2.36. The molecule has 0 aliphatic heterocycles. The van der Waals surface area contributed by atoms with Crippen LogP contribution in [0.3, 0.4) is 0 Å². The molecule has 0 fully saturated rings. The highest BCUT2D eigenvalue weighted by Gasteiger charge is 2.01. The number of aromatic nitrogens is 1. The summed E-state index contributed by atoms with van der Waals surface area (Å²) in [6, 6.07) is 1.87. The van der Waals surface area contributed by atoms with Crippen LogP contribution in [0.5, 0.6) is 0 Å². The van der Waals surface area contributed by atoms with Gasteiger partial charge in [-0.15, -0.1) is 0 Å². The summed E-state index contributed by atoms with van der Waals surface area (Å²) in [7, 11) is 0. The molecule has 58 valence electrons. The highest BCUT2D eigenvalue weighted by atomic mass is 79.9. The van der Waals surface area contributed by atoms with Crippen molar-refractivity contribution in [2.24, 2.45) is 0 Å². The lowest BCUT2D eigenvalue weighted by molar-refractivity contribution is 0.111. The molecule has 1 aromatic rings. The second-order valence-electron chi connectivity index (χ2n) is 1.95. The third-order valence-corrected chi connectivity index (χ3v) is 2.26. The van der Waals surface area contributed by atoms with Crippen molar-refractivity contribution in [2.75, 3.05) is 0 Å². The SMILES string of the molecule is O=Cc1ncc(Br)cc1CBr. The van der Waals surface area contributed by atoms with Crippen molar-refractivity contribution in [1.82, 2.24) is 4.98 Å². The first-order valence-corrected chi connectivity index (χ1v) is 4.85. The van der Waals surface area contributed by atoms with Crippen LogP contribution in [-0.2, 0) is 5.33 Å². The lowest BCUT2D eigenvalue weighted by atomic mass is 10.2. The zero-order chi connectivity index (χ0) is 8.27. The van der Waals surface area contributed by atoms with E-state index in [4.69, 9.17) is 0 Å². The minimum absolute atomic E-state index is 0.491. The van der Waals surface area contributed by atoms with E-state index in [0.717, 1.165) is 16.3 Å². The molecule has 0 atom stereocenters. The van der Waals surface area contributed by atoms with Crippen molar-refractivity contribution in [3.05, 3.63) is 28.0 Å². The number of nitrogens with zero attached hydrogens (tertiary/aromatic N) is 1. The average molecular weight is 279 g/mol. The normalized spacial score (nSPS) is 9.64. The van der Waals surface area contributed by atoms with Gasteiger partial charge in [-0.25, -0.2) is 0 Å².